The van der Waals surface area contributed by atoms with Crippen LogP contribution in [0.1, 0.15) is 19.8 Å². The minimum Gasteiger partial charge on any atom is -0.370 e. The molecule has 3 heterocycles. The second kappa shape index (κ2) is 7.55. The summed E-state index contributed by atoms with van der Waals surface area (Å²) in [5.74, 6) is 1.64. The van der Waals surface area contributed by atoms with E-state index in [-0.39, 0.29) is 0 Å². The van der Waals surface area contributed by atoms with Gasteiger partial charge in [0.15, 0.2) is 0 Å². The minimum absolute atomic E-state index is 0.808. The van der Waals surface area contributed by atoms with Gasteiger partial charge in [0.05, 0.1) is 16.8 Å². The fourth-order valence-electron chi connectivity index (χ4n) is 3.42. The predicted molar refractivity (Wildman–Crippen MR) is 109 cm³/mol. The lowest BCUT2D eigenvalue weighted by Crippen LogP contribution is -2.33. The predicted octanol–water partition coefficient (Wildman–Crippen LogP) is 4.16. The van der Waals surface area contributed by atoms with Gasteiger partial charge in [-0.25, -0.2) is 9.97 Å². The summed E-state index contributed by atoms with van der Waals surface area (Å²) in [6.07, 6.45) is 5.96. The van der Waals surface area contributed by atoms with Gasteiger partial charge in [-0.15, -0.1) is 0 Å². The number of H-pyrrole nitrogens is 1. The maximum atomic E-state index is 4.47. The van der Waals surface area contributed by atoms with E-state index in [0.717, 1.165) is 41.5 Å². The lowest BCUT2D eigenvalue weighted by atomic mass is 9.98. The van der Waals surface area contributed by atoms with E-state index in [1.165, 1.54) is 23.4 Å². The van der Waals surface area contributed by atoms with E-state index in [1.807, 2.05) is 19.3 Å². The molecular weight excluding hydrogens is 344 g/mol. The van der Waals surface area contributed by atoms with Crippen LogP contribution in [0.4, 0.5) is 17.2 Å². The number of aromatic nitrogens is 3. The minimum atomic E-state index is 0.808. The molecule has 1 aromatic carbocycles. The molecule has 26 heavy (non-hydrogen) atoms. The van der Waals surface area contributed by atoms with Gasteiger partial charge in [0, 0.05) is 24.2 Å². The van der Waals surface area contributed by atoms with Crippen molar-refractivity contribution in [1.29, 1.82) is 0 Å². The topological polar surface area (TPSA) is 68.9 Å². The molecule has 0 spiro atoms. The Kier molecular flexibility index (Phi) is 4.99. The highest BCUT2D eigenvalue weighted by molar-refractivity contribution is 7.97. The number of benzene rings is 1. The molecule has 6 nitrogen and oxygen atoms in total. The Morgan fingerprint density at radius 3 is 2.85 bits per heavy atom. The summed E-state index contributed by atoms with van der Waals surface area (Å²) in [5, 5.41) is 4.55. The average molecular weight is 369 g/mol. The Morgan fingerprint density at radius 2 is 2.04 bits per heavy atom. The van der Waals surface area contributed by atoms with Crippen molar-refractivity contribution < 1.29 is 0 Å². The molecule has 3 N–H and O–H groups in total. The van der Waals surface area contributed by atoms with E-state index in [1.54, 1.807) is 18.3 Å². The molecule has 7 heteroatoms. The van der Waals surface area contributed by atoms with Crippen LogP contribution < -0.4 is 14.9 Å². The molecule has 0 aliphatic carbocycles. The molecule has 4 rings (SSSR count). The molecule has 1 aliphatic heterocycles. The molecule has 0 radical (unpaired) electrons. The van der Waals surface area contributed by atoms with Crippen molar-refractivity contribution in [3.8, 4) is 0 Å². The Morgan fingerprint density at radius 1 is 1.19 bits per heavy atom. The summed E-state index contributed by atoms with van der Waals surface area (Å²) in [5.41, 5.74) is 3.16. The van der Waals surface area contributed by atoms with Crippen molar-refractivity contribution in [3.05, 3.63) is 36.8 Å². The molecule has 0 atom stereocenters. The number of piperidine rings is 1. The lowest BCUT2D eigenvalue weighted by Gasteiger charge is -2.33. The number of rotatable bonds is 5. The zero-order valence-electron chi connectivity index (χ0n) is 15.1. The van der Waals surface area contributed by atoms with Gasteiger partial charge in [-0.2, -0.15) is 0 Å². The highest BCUT2D eigenvalue weighted by Gasteiger charge is 2.19. The van der Waals surface area contributed by atoms with Crippen molar-refractivity contribution >= 4 is 40.2 Å². The third-order valence-corrected chi connectivity index (χ3v) is 5.61. The highest BCUT2D eigenvalue weighted by Crippen LogP contribution is 2.35. The maximum absolute atomic E-state index is 4.47. The number of fused-ring (bicyclic) bond motifs is 1. The summed E-state index contributed by atoms with van der Waals surface area (Å²) in [6.45, 7) is 4.53. The molecule has 3 aromatic rings. The summed E-state index contributed by atoms with van der Waals surface area (Å²) >= 11 is 1.61. The van der Waals surface area contributed by atoms with Gasteiger partial charge >= 0.3 is 0 Å². The van der Waals surface area contributed by atoms with Crippen LogP contribution in [0.25, 0.3) is 11.0 Å². The Labute approximate surface area is 157 Å². The second-order valence-corrected chi connectivity index (χ2v) is 7.83. The molecule has 1 saturated heterocycles. The first-order chi connectivity index (χ1) is 12.7. The Bertz CT molecular complexity index is 885. The zero-order chi connectivity index (χ0) is 17.9. The van der Waals surface area contributed by atoms with Crippen LogP contribution in [0, 0.1) is 5.92 Å². The van der Waals surface area contributed by atoms with Crippen molar-refractivity contribution in [2.75, 3.05) is 30.4 Å². The average Bonchev–Trinajstić information content (AvgIpc) is 3.13. The number of hydrogen-bond acceptors (Lipinski definition) is 6. The third kappa shape index (κ3) is 3.50. The first-order valence-electron chi connectivity index (χ1n) is 9.02. The van der Waals surface area contributed by atoms with Crippen LogP contribution >= 0.6 is 11.9 Å². The normalized spacial score (nSPS) is 15.5. The van der Waals surface area contributed by atoms with Crippen LogP contribution in [-0.2, 0) is 0 Å². The van der Waals surface area contributed by atoms with Crippen molar-refractivity contribution in [3.63, 3.8) is 0 Å². The first-order valence-corrected chi connectivity index (χ1v) is 9.84. The smallest absolute Gasteiger partial charge is 0.143 e. The van der Waals surface area contributed by atoms with Gasteiger partial charge in [-0.05, 0) is 62.0 Å². The molecule has 1 fully saturated rings. The van der Waals surface area contributed by atoms with Gasteiger partial charge in [0.2, 0.25) is 0 Å². The van der Waals surface area contributed by atoms with E-state index < -0.39 is 0 Å². The molecule has 2 aromatic heterocycles. The van der Waals surface area contributed by atoms with Crippen molar-refractivity contribution in [2.24, 2.45) is 5.92 Å². The molecule has 136 valence electrons. The van der Waals surface area contributed by atoms with Crippen molar-refractivity contribution in [2.45, 2.75) is 24.7 Å². The summed E-state index contributed by atoms with van der Waals surface area (Å²) < 4.78 is 3.15. The number of nitrogens with one attached hydrogen (secondary N) is 3. The Balaban J connectivity index is 1.70. The fourth-order valence-corrected chi connectivity index (χ4v) is 3.97. The van der Waals surface area contributed by atoms with Crippen LogP contribution in [0.2, 0.25) is 0 Å². The van der Waals surface area contributed by atoms with E-state index >= 15 is 0 Å². The van der Waals surface area contributed by atoms with Crippen LogP contribution in [0.3, 0.4) is 0 Å². The molecule has 0 saturated carbocycles. The first kappa shape index (κ1) is 17.2. The highest BCUT2D eigenvalue weighted by atomic mass is 32.2. The fraction of sp³-hybridized carbons (Fsp3) is 0.368. The quantitative estimate of drug-likeness (QED) is 0.588. The van der Waals surface area contributed by atoms with Crippen LogP contribution in [0.5, 0.6) is 0 Å². The van der Waals surface area contributed by atoms with E-state index in [0.29, 0.717) is 0 Å². The van der Waals surface area contributed by atoms with E-state index in [2.05, 4.69) is 55.0 Å². The number of nitrogens with zero attached hydrogens (tertiary/aromatic N) is 3. The van der Waals surface area contributed by atoms with E-state index in [9.17, 15) is 0 Å². The Hall–Kier alpha value is -2.25. The van der Waals surface area contributed by atoms with Gasteiger partial charge < -0.3 is 15.2 Å². The summed E-state index contributed by atoms with van der Waals surface area (Å²) in [6, 6.07) is 8.58. The van der Waals surface area contributed by atoms with Gasteiger partial charge in [-0.1, -0.05) is 6.92 Å². The SMILES string of the molecule is CNSc1ccc(N2CCC(C)CC2)c(Nc2ncnc3[nH]ccc23)c1. The molecular formula is C19H24N6S. The monoisotopic (exact) mass is 368 g/mol. The lowest BCUT2D eigenvalue weighted by molar-refractivity contribution is 0.438. The van der Waals surface area contributed by atoms with Gasteiger partial charge in [0.1, 0.15) is 17.8 Å². The molecule has 1 aliphatic rings. The molecule has 0 unspecified atom stereocenters. The van der Waals surface area contributed by atoms with E-state index in [4.69, 9.17) is 0 Å². The van der Waals surface area contributed by atoms with Gasteiger partial charge in [0.25, 0.3) is 0 Å². The van der Waals surface area contributed by atoms with Crippen LogP contribution in [0.15, 0.2) is 41.7 Å². The second-order valence-electron chi connectivity index (χ2n) is 6.74. The largest absolute Gasteiger partial charge is 0.370 e. The van der Waals surface area contributed by atoms with Crippen LogP contribution in [-0.4, -0.2) is 35.1 Å². The third-order valence-electron chi connectivity index (χ3n) is 4.92. The molecule has 0 amide bonds. The zero-order valence-corrected chi connectivity index (χ0v) is 15.9. The van der Waals surface area contributed by atoms with Crippen molar-refractivity contribution in [1.82, 2.24) is 19.7 Å². The maximum Gasteiger partial charge on any atom is 0.143 e. The molecule has 0 bridgehead atoms. The summed E-state index contributed by atoms with van der Waals surface area (Å²) in [4.78, 5) is 15.5. The summed E-state index contributed by atoms with van der Waals surface area (Å²) in [7, 11) is 1.94. The number of aromatic amines is 1. The van der Waals surface area contributed by atoms with Gasteiger partial charge in [-0.3, -0.25) is 4.72 Å². The number of anilines is 3. The standard InChI is InChI=1S/C19H24N6S/c1-13-6-9-25(10-7-13)17-4-3-14(26-20-2)11-16(17)24-19-15-5-8-21-18(15)22-12-23-19/h3-5,8,11-13,20H,6-7,9-10H2,1-2H3,(H2,21,22,23,24). The number of hydrogen-bond donors (Lipinski definition) is 3.